The van der Waals surface area contributed by atoms with E-state index in [9.17, 15) is 19.1 Å². The second-order valence-electron chi connectivity index (χ2n) is 4.21. The molecule has 1 unspecified atom stereocenters. The first kappa shape index (κ1) is 16.2. The largest absolute Gasteiger partial charge is 0.370 e. The number of hydrogen-bond acceptors (Lipinski definition) is 3. The maximum absolute atomic E-state index is 11.3. The predicted octanol–water partition coefficient (Wildman–Crippen LogP) is -0.226. The molecule has 0 saturated heterocycles. The minimum Gasteiger partial charge on any atom is -0.370 e. The molecule has 1 rings (SSSR count). The highest BCUT2D eigenvalue weighted by Crippen LogP contribution is 2.41. The fourth-order valence-electron chi connectivity index (χ4n) is 1.57. The van der Waals surface area contributed by atoms with Crippen molar-refractivity contribution in [2.45, 2.75) is 19.1 Å². The first-order valence-corrected chi connectivity index (χ1v) is 7.37. The SMILES string of the molecule is CC(=O)NC(Cc1ccc(N=C(N)N)cc1)P(=O)(O)O. The van der Waals surface area contributed by atoms with E-state index in [1.807, 2.05) is 0 Å². The Morgan fingerprint density at radius 2 is 1.90 bits per heavy atom. The third kappa shape index (κ3) is 5.40. The first-order valence-electron chi connectivity index (χ1n) is 5.69. The summed E-state index contributed by atoms with van der Waals surface area (Å²) in [4.78, 5) is 33.2. The van der Waals surface area contributed by atoms with E-state index >= 15 is 0 Å². The summed E-state index contributed by atoms with van der Waals surface area (Å²) in [6.45, 7) is 1.20. The van der Waals surface area contributed by atoms with Gasteiger partial charge in [-0.1, -0.05) is 12.1 Å². The van der Waals surface area contributed by atoms with Crippen LogP contribution in [0.5, 0.6) is 0 Å². The number of hydrogen-bond donors (Lipinski definition) is 5. The molecule has 0 bridgehead atoms. The number of aliphatic imine (C=N–C) groups is 1. The van der Waals surface area contributed by atoms with Crippen LogP contribution in [0.1, 0.15) is 12.5 Å². The van der Waals surface area contributed by atoms with Gasteiger partial charge in [0.1, 0.15) is 5.78 Å². The van der Waals surface area contributed by atoms with Gasteiger partial charge in [0, 0.05) is 13.3 Å². The van der Waals surface area contributed by atoms with Crippen molar-refractivity contribution in [1.29, 1.82) is 0 Å². The third-order valence-electron chi connectivity index (χ3n) is 2.40. The minimum atomic E-state index is -4.43. The molecule has 0 radical (unpaired) electrons. The Bertz CT molecular complexity index is 548. The number of rotatable bonds is 5. The highest BCUT2D eigenvalue weighted by molar-refractivity contribution is 7.52. The van der Waals surface area contributed by atoms with Crippen LogP contribution in [0.3, 0.4) is 0 Å². The molecule has 9 heteroatoms. The summed E-state index contributed by atoms with van der Waals surface area (Å²) in [6.07, 6.45) is 0.00591. The molecule has 1 atom stereocenters. The molecule has 0 fully saturated rings. The standard InChI is InChI=1S/C11H17N4O4P/c1-7(16)14-10(20(17,18)19)6-8-2-4-9(5-3-8)15-11(12)13/h2-5,10H,6H2,1H3,(H,14,16)(H4,12,13,15)(H2,17,18,19). The molecule has 1 aromatic rings. The molecule has 0 aromatic heterocycles. The van der Waals surface area contributed by atoms with Gasteiger partial charge in [0.15, 0.2) is 5.96 Å². The van der Waals surface area contributed by atoms with Crippen LogP contribution in [-0.2, 0) is 15.8 Å². The Kier molecular flexibility index (Phi) is 5.26. The van der Waals surface area contributed by atoms with Gasteiger partial charge in [0.2, 0.25) is 5.91 Å². The van der Waals surface area contributed by atoms with Gasteiger partial charge in [-0.2, -0.15) is 0 Å². The Hall–Kier alpha value is -1.89. The highest BCUT2D eigenvalue weighted by Gasteiger charge is 2.29. The zero-order valence-electron chi connectivity index (χ0n) is 10.9. The molecule has 110 valence electrons. The van der Waals surface area contributed by atoms with E-state index in [1.54, 1.807) is 24.3 Å². The van der Waals surface area contributed by atoms with Gasteiger partial charge in [-0.25, -0.2) is 4.99 Å². The summed E-state index contributed by atoms with van der Waals surface area (Å²) >= 11 is 0. The van der Waals surface area contributed by atoms with Gasteiger partial charge >= 0.3 is 7.60 Å². The van der Waals surface area contributed by atoms with E-state index in [1.165, 1.54) is 6.92 Å². The lowest BCUT2D eigenvalue weighted by molar-refractivity contribution is -0.119. The van der Waals surface area contributed by atoms with Gasteiger partial charge in [-0.3, -0.25) is 9.36 Å². The number of amides is 1. The van der Waals surface area contributed by atoms with E-state index in [4.69, 9.17) is 11.5 Å². The monoisotopic (exact) mass is 300 g/mol. The summed E-state index contributed by atoms with van der Waals surface area (Å²) in [7, 11) is -4.43. The second-order valence-corrected chi connectivity index (χ2v) is 6.01. The Morgan fingerprint density at radius 1 is 1.35 bits per heavy atom. The van der Waals surface area contributed by atoms with Gasteiger partial charge in [0.05, 0.1) is 5.69 Å². The number of carbonyl (C=O) groups is 1. The number of nitrogens with two attached hydrogens (primary N) is 2. The molecule has 0 aliphatic rings. The normalized spacial score (nSPS) is 12.6. The molecular weight excluding hydrogens is 283 g/mol. The summed E-state index contributed by atoms with van der Waals surface area (Å²) in [5.74, 6) is -1.84. The Balaban J connectivity index is 2.87. The molecule has 0 saturated carbocycles. The number of benzene rings is 1. The maximum atomic E-state index is 11.3. The number of guanidine groups is 1. The summed E-state index contributed by atoms with van der Waals surface area (Å²) in [5.41, 5.74) is 11.6. The molecule has 1 aromatic carbocycles. The Morgan fingerprint density at radius 3 is 2.30 bits per heavy atom. The average molecular weight is 300 g/mol. The van der Waals surface area contributed by atoms with Crippen LogP contribution in [0.15, 0.2) is 29.3 Å². The lowest BCUT2D eigenvalue weighted by Gasteiger charge is -2.19. The van der Waals surface area contributed by atoms with Crippen LogP contribution in [0, 0.1) is 0 Å². The smallest absolute Gasteiger partial charge is 0.347 e. The van der Waals surface area contributed by atoms with Gasteiger partial charge in [-0.15, -0.1) is 0 Å². The molecule has 7 N–H and O–H groups in total. The number of nitrogens with one attached hydrogen (secondary N) is 1. The van der Waals surface area contributed by atoms with Crippen LogP contribution in [0.25, 0.3) is 0 Å². The number of nitrogens with zero attached hydrogens (tertiary/aromatic N) is 1. The van der Waals surface area contributed by atoms with Crippen LogP contribution in [0.2, 0.25) is 0 Å². The molecular formula is C11H17N4O4P. The fraction of sp³-hybridized carbons (Fsp3) is 0.273. The quantitative estimate of drug-likeness (QED) is 0.288. The lowest BCUT2D eigenvalue weighted by atomic mass is 10.1. The van der Waals surface area contributed by atoms with Gasteiger partial charge < -0.3 is 26.6 Å². The zero-order chi connectivity index (χ0) is 15.3. The molecule has 0 spiro atoms. The van der Waals surface area contributed by atoms with Gasteiger partial charge in [-0.05, 0) is 17.7 Å². The van der Waals surface area contributed by atoms with E-state index in [-0.39, 0.29) is 12.4 Å². The third-order valence-corrected chi connectivity index (χ3v) is 3.52. The molecule has 0 aliphatic carbocycles. The summed E-state index contributed by atoms with van der Waals surface area (Å²) in [5, 5.41) is 2.25. The average Bonchev–Trinajstić information content (AvgIpc) is 2.28. The van der Waals surface area contributed by atoms with E-state index in [0.717, 1.165) is 0 Å². The maximum Gasteiger partial charge on any atom is 0.347 e. The molecule has 0 heterocycles. The van der Waals surface area contributed by atoms with E-state index < -0.39 is 19.3 Å². The summed E-state index contributed by atoms with van der Waals surface area (Å²) < 4.78 is 11.3. The molecule has 1 amide bonds. The van der Waals surface area contributed by atoms with Crippen LogP contribution < -0.4 is 16.8 Å². The number of carbonyl (C=O) groups excluding carboxylic acids is 1. The van der Waals surface area contributed by atoms with Crippen molar-refractivity contribution in [1.82, 2.24) is 5.32 Å². The highest BCUT2D eigenvalue weighted by atomic mass is 31.2. The second kappa shape index (κ2) is 6.51. The van der Waals surface area contributed by atoms with Crippen molar-refractivity contribution >= 4 is 25.1 Å². The minimum absolute atomic E-state index is 0.00591. The topological polar surface area (TPSA) is 151 Å². The van der Waals surface area contributed by atoms with Crippen LogP contribution in [-0.4, -0.2) is 27.4 Å². The van der Waals surface area contributed by atoms with Crippen molar-refractivity contribution in [3.63, 3.8) is 0 Å². The summed E-state index contributed by atoms with van der Waals surface area (Å²) in [6, 6.07) is 6.48. The van der Waals surface area contributed by atoms with Crippen molar-refractivity contribution in [3.8, 4) is 0 Å². The fourth-order valence-corrected chi connectivity index (χ4v) is 2.37. The van der Waals surface area contributed by atoms with Crippen molar-refractivity contribution in [3.05, 3.63) is 29.8 Å². The molecule has 0 aliphatic heterocycles. The van der Waals surface area contributed by atoms with Crippen molar-refractivity contribution < 1.29 is 19.1 Å². The van der Waals surface area contributed by atoms with Gasteiger partial charge in [0.25, 0.3) is 0 Å². The lowest BCUT2D eigenvalue weighted by Crippen LogP contribution is -2.34. The van der Waals surface area contributed by atoms with E-state index in [0.29, 0.717) is 11.3 Å². The van der Waals surface area contributed by atoms with E-state index in [2.05, 4.69) is 10.3 Å². The molecule has 8 nitrogen and oxygen atoms in total. The molecule has 20 heavy (non-hydrogen) atoms. The predicted molar refractivity (Wildman–Crippen MR) is 75.3 cm³/mol. The first-order chi connectivity index (χ1) is 9.18. The van der Waals surface area contributed by atoms with Crippen LogP contribution >= 0.6 is 7.60 Å². The Labute approximate surface area is 116 Å². The zero-order valence-corrected chi connectivity index (χ0v) is 11.7. The van der Waals surface area contributed by atoms with Crippen molar-refractivity contribution in [2.75, 3.05) is 0 Å². The van der Waals surface area contributed by atoms with Crippen LogP contribution in [0.4, 0.5) is 5.69 Å². The van der Waals surface area contributed by atoms with Crippen molar-refractivity contribution in [2.24, 2.45) is 16.5 Å².